The number of carbonyl (C=O) groups is 1. The number of rotatable bonds is 5. The van der Waals surface area contributed by atoms with E-state index in [1.165, 1.54) is 0 Å². The fourth-order valence-electron chi connectivity index (χ4n) is 1.35. The lowest BCUT2D eigenvalue weighted by Crippen LogP contribution is -2.30. The minimum atomic E-state index is -0.284. The Morgan fingerprint density at radius 2 is 2.40 bits per heavy atom. The van der Waals surface area contributed by atoms with Crippen molar-refractivity contribution < 1.29 is 4.79 Å². The van der Waals surface area contributed by atoms with Crippen LogP contribution in [-0.2, 0) is 11.3 Å². The van der Waals surface area contributed by atoms with Crippen molar-refractivity contribution in [1.29, 1.82) is 0 Å². The number of aryl methyl sites for hydroxylation is 1. The minimum Gasteiger partial charge on any atom is -0.370 e. The van der Waals surface area contributed by atoms with E-state index in [0.717, 1.165) is 11.3 Å². The zero-order valence-electron chi connectivity index (χ0n) is 9.16. The van der Waals surface area contributed by atoms with Gasteiger partial charge in [0, 0.05) is 25.2 Å². The second-order valence-corrected chi connectivity index (χ2v) is 3.72. The van der Waals surface area contributed by atoms with Crippen molar-refractivity contribution in [2.75, 3.05) is 0 Å². The first-order chi connectivity index (χ1) is 7.09. The van der Waals surface area contributed by atoms with Gasteiger partial charge in [-0.25, -0.2) is 0 Å². The Bertz CT molecular complexity index is 338. The Hall–Kier alpha value is -1.42. The Morgan fingerprint density at radius 1 is 1.67 bits per heavy atom. The molecule has 4 heteroatoms. The molecule has 0 saturated carbocycles. The van der Waals surface area contributed by atoms with Gasteiger partial charge < -0.3 is 11.1 Å². The van der Waals surface area contributed by atoms with E-state index in [2.05, 4.69) is 10.3 Å². The van der Waals surface area contributed by atoms with Crippen LogP contribution < -0.4 is 11.1 Å². The molecule has 0 saturated heterocycles. The number of amides is 1. The number of pyridine rings is 1. The van der Waals surface area contributed by atoms with Gasteiger partial charge in [-0.05, 0) is 25.5 Å². The number of nitrogens with one attached hydrogen (secondary N) is 1. The number of primary amides is 1. The van der Waals surface area contributed by atoms with Crippen molar-refractivity contribution in [3.05, 3.63) is 29.6 Å². The second kappa shape index (κ2) is 5.46. The molecule has 0 aromatic carbocycles. The highest BCUT2D eigenvalue weighted by Crippen LogP contribution is 2.03. The van der Waals surface area contributed by atoms with Crippen LogP contribution in [0.3, 0.4) is 0 Å². The van der Waals surface area contributed by atoms with Gasteiger partial charge in [0.25, 0.3) is 0 Å². The predicted molar refractivity (Wildman–Crippen MR) is 59.1 cm³/mol. The maximum Gasteiger partial charge on any atom is 0.218 e. The molecule has 0 spiro atoms. The molecule has 0 aliphatic heterocycles. The summed E-state index contributed by atoms with van der Waals surface area (Å²) in [4.78, 5) is 14.9. The Labute approximate surface area is 89.9 Å². The topological polar surface area (TPSA) is 68.0 Å². The van der Waals surface area contributed by atoms with Gasteiger partial charge >= 0.3 is 0 Å². The van der Waals surface area contributed by atoms with Gasteiger partial charge in [0.15, 0.2) is 0 Å². The lowest BCUT2D eigenvalue weighted by Gasteiger charge is -2.12. The van der Waals surface area contributed by atoms with Crippen molar-refractivity contribution >= 4 is 5.91 Å². The normalized spacial score (nSPS) is 12.4. The molecule has 0 bridgehead atoms. The molecule has 82 valence electrons. The SMILES string of the molecule is Cc1cccnc1CNC(C)CC(N)=O. The van der Waals surface area contributed by atoms with E-state index < -0.39 is 0 Å². The molecule has 15 heavy (non-hydrogen) atoms. The van der Waals surface area contributed by atoms with E-state index in [9.17, 15) is 4.79 Å². The Kier molecular flexibility index (Phi) is 4.24. The molecule has 0 aliphatic carbocycles. The maximum absolute atomic E-state index is 10.7. The smallest absolute Gasteiger partial charge is 0.218 e. The lowest BCUT2D eigenvalue weighted by molar-refractivity contribution is -0.118. The average Bonchev–Trinajstić information content (AvgIpc) is 2.15. The average molecular weight is 207 g/mol. The molecule has 3 N–H and O–H groups in total. The van der Waals surface area contributed by atoms with Crippen molar-refractivity contribution in [2.45, 2.75) is 32.9 Å². The summed E-state index contributed by atoms with van der Waals surface area (Å²) in [5, 5.41) is 3.21. The van der Waals surface area contributed by atoms with Crippen molar-refractivity contribution in [1.82, 2.24) is 10.3 Å². The highest BCUT2D eigenvalue weighted by molar-refractivity contribution is 5.74. The highest BCUT2D eigenvalue weighted by Gasteiger charge is 2.06. The second-order valence-electron chi connectivity index (χ2n) is 3.72. The Morgan fingerprint density at radius 3 is 3.00 bits per heavy atom. The highest BCUT2D eigenvalue weighted by atomic mass is 16.1. The number of nitrogens with zero attached hydrogens (tertiary/aromatic N) is 1. The van der Waals surface area contributed by atoms with Gasteiger partial charge in [-0.2, -0.15) is 0 Å². The molecule has 1 atom stereocenters. The van der Waals surface area contributed by atoms with Crippen LogP contribution in [0.4, 0.5) is 0 Å². The third-order valence-electron chi connectivity index (χ3n) is 2.24. The fraction of sp³-hybridized carbons (Fsp3) is 0.455. The molecule has 1 aromatic rings. The zero-order valence-corrected chi connectivity index (χ0v) is 9.16. The summed E-state index contributed by atoms with van der Waals surface area (Å²) in [7, 11) is 0. The summed E-state index contributed by atoms with van der Waals surface area (Å²) >= 11 is 0. The first kappa shape index (κ1) is 11.7. The number of nitrogens with two attached hydrogens (primary N) is 1. The van der Waals surface area contributed by atoms with Gasteiger partial charge in [0.05, 0.1) is 5.69 Å². The summed E-state index contributed by atoms with van der Waals surface area (Å²) in [5.41, 5.74) is 7.26. The summed E-state index contributed by atoms with van der Waals surface area (Å²) in [6.45, 7) is 4.62. The molecule has 1 aromatic heterocycles. The molecule has 1 heterocycles. The largest absolute Gasteiger partial charge is 0.370 e. The van der Waals surface area contributed by atoms with Crippen LogP contribution in [0.2, 0.25) is 0 Å². The van der Waals surface area contributed by atoms with E-state index in [0.29, 0.717) is 13.0 Å². The summed E-state index contributed by atoms with van der Waals surface area (Å²) < 4.78 is 0. The molecule has 4 nitrogen and oxygen atoms in total. The van der Waals surface area contributed by atoms with Crippen molar-refractivity contribution in [3.8, 4) is 0 Å². The first-order valence-electron chi connectivity index (χ1n) is 5.01. The molecule has 1 rings (SSSR count). The predicted octanol–water partition coefficient (Wildman–Crippen LogP) is 0.744. The van der Waals surface area contributed by atoms with Crippen LogP contribution in [-0.4, -0.2) is 16.9 Å². The van der Waals surface area contributed by atoms with Gasteiger partial charge in [-0.15, -0.1) is 0 Å². The van der Waals surface area contributed by atoms with E-state index in [4.69, 9.17) is 5.73 Å². The van der Waals surface area contributed by atoms with E-state index >= 15 is 0 Å². The maximum atomic E-state index is 10.7. The lowest BCUT2D eigenvalue weighted by atomic mass is 10.2. The molecule has 0 aliphatic rings. The molecule has 0 fully saturated rings. The third-order valence-corrected chi connectivity index (χ3v) is 2.24. The molecule has 0 radical (unpaired) electrons. The summed E-state index contributed by atoms with van der Waals surface area (Å²) in [5.74, 6) is -0.284. The quantitative estimate of drug-likeness (QED) is 0.748. The van der Waals surface area contributed by atoms with Gasteiger partial charge in [-0.1, -0.05) is 6.07 Å². The summed E-state index contributed by atoms with van der Waals surface area (Å²) in [6.07, 6.45) is 2.12. The molecule has 1 unspecified atom stereocenters. The fourth-order valence-corrected chi connectivity index (χ4v) is 1.35. The van der Waals surface area contributed by atoms with Crippen LogP contribution in [0.1, 0.15) is 24.6 Å². The standard InChI is InChI=1S/C11H17N3O/c1-8-4-3-5-13-10(8)7-14-9(2)6-11(12)15/h3-5,9,14H,6-7H2,1-2H3,(H2,12,15). The first-order valence-corrected chi connectivity index (χ1v) is 5.01. The van der Waals surface area contributed by atoms with Gasteiger partial charge in [-0.3, -0.25) is 9.78 Å². The minimum absolute atomic E-state index is 0.0870. The molecular weight excluding hydrogens is 190 g/mol. The van der Waals surface area contributed by atoms with Crippen molar-refractivity contribution in [3.63, 3.8) is 0 Å². The monoisotopic (exact) mass is 207 g/mol. The number of hydrogen-bond donors (Lipinski definition) is 2. The van der Waals surface area contributed by atoms with E-state index in [-0.39, 0.29) is 11.9 Å². The van der Waals surface area contributed by atoms with E-state index in [1.54, 1.807) is 6.20 Å². The number of carbonyl (C=O) groups excluding carboxylic acids is 1. The molecule has 1 amide bonds. The van der Waals surface area contributed by atoms with Gasteiger partial charge in [0.2, 0.25) is 5.91 Å². The number of aromatic nitrogens is 1. The van der Waals surface area contributed by atoms with Gasteiger partial charge in [0.1, 0.15) is 0 Å². The van der Waals surface area contributed by atoms with Crippen molar-refractivity contribution in [2.24, 2.45) is 5.73 Å². The van der Waals surface area contributed by atoms with Crippen LogP contribution in [0.5, 0.6) is 0 Å². The Balaban J connectivity index is 2.43. The van der Waals surface area contributed by atoms with Crippen LogP contribution in [0, 0.1) is 6.92 Å². The van der Waals surface area contributed by atoms with E-state index in [1.807, 2.05) is 26.0 Å². The third kappa shape index (κ3) is 4.08. The molecular formula is C11H17N3O. The van der Waals surface area contributed by atoms with Crippen LogP contribution in [0.15, 0.2) is 18.3 Å². The zero-order chi connectivity index (χ0) is 11.3. The number of hydrogen-bond acceptors (Lipinski definition) is 3. The van der Waals surface area contributed by atoms with Crippen LogP contribution in [0.25, 0.3) is 0 Å². The van der Waals surface area contributed by atoms with Crippen LogP contribution >= 0.6 is 0 Å². The summed E-state index contributed by atoms with van der Waals surface area (Å²) in [6, 6.07) is 4.01.